The minimum absolute atomic E-state index is 0.114. The second-order valence-corrected chi connectivity index (χ2v) is 9.11. The number of benzene rings is 2. The molecule has 170 valence electrons. The number of aromatic nitrogens is 1. The highest BCUT2D eigenvalue weighted by atomic mass is 16.3. The van der Waals surface area contributed by atoms with Crippen molar-refractivity contribution in [1.29, 1.82) is 0 Å². The molecule has 0 radical (unpaired) electrons. The first-order valence-corrected chi connectivity index (χ1v) is 11.9. The van der Waals surface area contributed by atoms with Crippen LogP contribution < -0.4 is 0 Å². The highest BCUT2D eigenvalue weighted by Crippen LogP contribution is 2.42. The Balaban J connectivity index is 1.35. The fourth-order valence-electron chi connectivity index (χ4n) is 5.46. The predicted molar refractivity (Wildman–Crippen MR) is 130 cm³/mol. The molecule has 33 heavy (non-hydrogen) atoms. The second kappa shape index (κ2) is 9.86. The molecule has 5 rings (SSSR count). The normalized spacial score (nSPS) is 23.2. The molecule has 0 spiro atoms. The Kier molecular flexibility index (Phi) is 6.51. The quantitative estimate of drug-likeness (QED) is 0.655. The molecular weight excluding hydrogens is 410 g/mol. The summed E-state index contributed by atoms with van der Waals surface area (Å²) >= 11 is 0. The van der Waals surface area contributed by atoms with E-state index in [0.29, 0.717) is 13.0 Å². The van der Waals surface area contributed by atoms with Gasteiger partial charge in [-0.15, -0.1) is 0 Å². The maximum absolute atomic E-state index is 13.1. The van der Waals surface area contributed by atoms with E-state index in [2.05, 4.69) is 58.4 Å². The Morgan fingerprint density at radius 3 is 2.36 bits per heavy atom. The number of carbonyl (C=O) groups is 1. The van der Waals surface area contributed by atoms with Crippen molar-refractivity contribution < 1.29 is 9.90 Å². The first-order valence-electron chi connectivity index (χ1n) is 11.9. The predicted octanol–water partition coefficient (Wildman–Crippen LogP) is 3.74. The molecule has 2 aliphatic heterocycles. The zero-order valence-corrected chi connectivity index (χ0v) is 18.9. The van der Waals surface area contributed by atoms with Gasteiger partial charge in [-0.05, 0) is 48.2 Å². The molecule has 0 aliphatic carbocycles. The van der Waals surface area contributed by atoms with Gasteiger partial charge in [0, 0.05) is 43.0 Å². The number of nitrogens with zero attached hydrogens (tertiary/aromatic N) is 3. The molecule has 3 heterocycles. The van der Waals surface area contributed by atoms with Crippen molar-refractivity contribution in [2.75, 3.05) is 26.2 Å². The van der Waals surface area contributed by atoms with Crippen LogP contribution in [0.4, 0.5) is 0 Å². The molecule has 1 N–H and O–H groups in total. The van der Waals surface area contributed by atoms with Crippen LogP contribution in [0.15, 0.2) is 79.0 Å². The number of fused-ring (bicyclic) bond motifs is 1. The molecule has 0 saturated carbocycles. The molecular formula is C28H31N3O2. The Hall–Kier alpha value is -3.02. The van der Waals surface area contributed by atoms with Gasteiger partial charge >= 0.3 is 0 Å². The van der Waals surface area contributed by atoms with Crippen LogP contribution in [0.3, 0.4) is 0 Å². The van der Waals surface area contributed by atoms with Crippen molar-refractivity contribution in [2.45, 2.75) is 37.3 Å². The topological polar surface area (TPSA) is 56.7 Å². The van der Waals surface area contributed by atoms with E-state index >= 15 is 0 Å². The van der Waals surface area contributed by atoms with Gasteiger partial charge in [0.25, 0.3) is 0 Å². The fraction of sp³-hybridized carbons (Fsp3) is 0.357. The molecule has 0 bridgehead atoms. The molecule has 1 aromatic heterocycles. The average Bonchev–Trinajstić information content (AvgIpc) is 2.84. The number of aliphatic hydroxyl groups excluding tert-OH is 1. The first-order chi connectivity index (χ1) is 16.2. The zero-order valence-electron chi connectivity index (χ0n) is 18.9. The molecule has 3 atom stereocenters. The van der Waals surface area contributed by atoms with Crippen molar-refractivity contribution in [2.24, 2.45) is 0 Å². The van der Waals surface area contributed by atoms with Crippen molar-refractivity contribution in [3.8, 4) is 11.1 Å². The molecule has 2 fully saturated rings. The third kappa shape index (κ3) is 4.56. The number of aliphatic hydroxyl groups is 1. The number of amides is 1. The Bertz CT molecular complexity index is 1060. The first kappa shape index (κ1) is 21.8. The van der Waals surface area contributed by atoms with Gasteiger partial charge in [-0.1, -0.05) is 60.7 Å². The summed E-state index contributed by atoms with van der Waals surface area (Å²) in [4.78, 5) is 21.9. The van der Waals surface area contributed by atoms with Crippen LogP contribution >= 0.6 is 0 Å². The van der Waals surface area contributed by atoms with Gasteiger partial charge in [0.1, 0.15) is 0 Å². The van der Waals surface area contributed by atoms with E-state index in [1.54, 1.807) is 6.20 Å². The lowest BCUT2D eigenvalue weighted by Gasteiger charge is -2.57. The highest BCUT2D eigenvalue weighted by Gasteiger charge is 2.49. The number of rotatable bonds is 5. The van der Waals surface area contributed by atoms with E-state index in [-0.39, 0.29) is 30.5 Å². The fourth-order valence-corrected chi connectivity index (χ4v) is 5.46. The van der Waals surface area contributed by atoms with Crippen LogP contribution in [0, 0.1) is 0 Å². The monoisotopic (exact) mass is 441 g/mol. The number of hydrogen-bond acceptors (Lipinski definition) is 4. The summed E-state index contributed by atoms with van der Waals surface area (Å²) in [5.74, 6) is 0.365. The minimum atomic E-state index is 0.114. The third-order valence-corrected chi connectivity index (χ3v) is 7.18. The zero-order chi connectivity index (χ0) is 22.6. The van der Waals surface area contributed by atoms with E-state index in [9.17, 15) is 9.90 Å². The van der Waals surface area contributed by atoms with E-state index in [0.717, 1.165) is 31.6 Å². The molecule has 3 aromatic rings. The number of pyridine rings is 1. The van der Waals surface area contributed by atoms with Gasteiger partial charge in [-0.3, -0.25) is 14.7 Å². The summed E-state index contributed by atoms with van der Waals surface area (Å²) in [6.45, 7) is 2.62. The Labute approximate surface area is 195 Å². The second-order valence-electron chi connectivity index (χ2n) is 9.11. The SMILES string of the molecule is O=C(Cc1ccccn1)N1CCCCN2[C@@H](CO)[C@@H](c3ccc(-c4ccccc4)cc3)[C@@H]2C1. The molecule has 5 heteroatoms. The minimum Gasteiger partial charge on any atom is -0.395 e. The third-order valence-electron chi connectivity index (χ3n) is 7.18. The van der Waals surface area contributed by atoms with Crippen molar-refractivity contribution in [3.05, 3.63) is 90.3 Å². The molecule has 5 nitrogen and oxygen atoms in total. The summed E-state index contributed by atoms with van der Waals surface area (Å²) < 4.78 is 0. The smallest absolute Gasteiger partial charge is 0.228 e. The maximum Gasteiger partial charge on any atom is 0.228 e. The van der Waals surface area contributed by atoms with Crippen molar-refractivity contribution in [1.82, 2.24) is 14.8 Å². The highest BCUT2D eigenvalue weighted by molar-refractivity contribution is 5.78. The largest absolute Gasteiger partial charge is 0.395 e. The van der Waals surface area contributed by atoms with Crippen LogP contribution in [-0.2, 0) is 11.2 Å². The van der Waals surface area contributed by atoms with E-state index in [4.69, 9.17) is 0 Å². The molecule has 2 aromatic carbocycles. The molecule has 2 aliphatic rings. The Morgan fingerprint density at radius 1 is 0.909 bits per heavy atom. The van der Waals surface area contributed by atoms with Crippen molar-refractivity contribution in [3.63, 3.8) is 0 Å². The van der Waals surface area contributed by atoms with E-state index in [1.165, 1.54) is 16.7 Å². The number of hydrogen-bond donors (Lipinski definition) is 1. The van der Waals surface area contributed by atoms with E-state index < -0.39 is 0 Å². The Morgan fingerprint density at radius 2 is 1.64 bits per heavy atom. The summed E-state index contributed by atoms with van der Waals surface area (Å²) in [6.07, 6.45) is 4.12. The van der Waals surface area contributed by atoms with Gasteiger partial charge in [0.05, 0.1) is 13.0 Å². The van der Waals surface area contributed by atoms with Crippen LogP contribution in [0.1, 0.15) is 30.0 Å². The van der Waals surface area contributed by atoms with Gasteiger partial charge in [0.15, 0.2) is 0 Å². The molecule has 1 amide bonds. The van der Waals surface area contributed by atoms with Crippen molar-refractivity contribution >= 4 is 5.91 Å². The van der Waals surface area contributed by atoms with Gasteiger partial charge in [-0.2, -0.15) is 0 Å². The maximum atomic E-state index is 13.1. The van der Waals surface area contributed by atoms with Crippen LogP contribution in [0.25, 0.3) is 11.1 Å². The van der Waals surface area contributed by atoms with Gasteiger partial charge < -0.3 is 10.0 Å². The molecule has 0 unspecified atom stereocenters. The van der Waals surface area contributed by atoms with Crippen LogP contribution in [-0.4, -0.2) is 64.1 Å². The van der Waals surface area contributed by atoms with Gasteiger partial charge in [0.2, 0.25) is 5.91 Å². The van der Waals surface area contributed by atoms with Gasteiger partial charge in [-0.25, -0.2) is 0 Å². The summed E-state index contributed by atoms with van der Waals surface area (Å²) in [5.41, 5.74) is 4.46. The lowest BCUT2D eigenvalue weighted by atomic mass is 9.74. The van der Waals surface area contributed by atoms with Crippen LogP contribution in [0.2, 0.25) is 0 Å². The van der Waals surface area contributed by atoms with Crippen LogP contribution in [0.5, 0.6) is 0 Å². The number of carbonyl (C=O) groups excluding carboxylic acids is 1. The standard InChI is InChI=1S/C28H31N3O2/c32-20-26-28(23-13-11-22(12-14-23)21-8-2-1-3-9-21)25-19-30(16-6-7-17-31(25)26)27(33)18-24-10-4-5-15-29-24/h1-5,8-15,25-26,28,32H,6-7,16-20H2/t25-,26-,28-/m0/s1. The lowest BCUT2D eigenvalue weighted by Crippen LogP contribution is -2.68. The summed E-state index contributed by atoms with van der Waals surface area (Å²) in [6, 6.07) is 25.2. The van der Waals surface area contributed by atoms with E-state index in [1.807, 2.05) is 29.2 Å². The summed E-state index contributed by atoms with van der Waals surface area (Å²) in [7, 11) is 0. The average molecular weight is 442 g/mol. The molecule has 2 saturated heterocycles. The lowest BCUT2D eigenvalue weighted by molar-refractivity contribution is -0.135. The summed E-state index contributed by atoms with van der Waals surface area (Å²) in [5, 5.41) is 10.2.